The molecule has 2 heteroatoms. The van der Waals surface area contributed by atoms with Crippen LogP contribution in [-0.2, 0) is 4.74 Å². The standard InChI is InChI=1S/C16H25NO/c1-12-15(13-8-6-5-7-9-13)18-14(11-17-12)10-16(2,3)4/h5-9,12,14-15,17H,10-11H2,1-4H3. The van der Waals surface area contributed by atoms with Crippen LogP contribution in [0.4, 0.5) is 0 Å². The molecule has 0 aromatic heterocycles. The van der Waals surface area contributed by atoms with E-state index in [1.165, 1.54) is 5.56 Å². The largest absolute Gasteiger partial charge is 0.367 e. The first-order valence-corrected chi connectivity index (χ1v) is 6.89. The molecule has 100 valence electrons. The molecule has 1 N–H and O–H groups in total. The van der Waals surface area contributed by atoms with Crippen LogP contribution in [0.2, 0.25) is 0 Å². The summed E-state index contributed by atoms with van der Waals surface area (Å²) in [6.45, 7) is 9.97. The summed E-state index contributed by atoms with van der Waals surface area (Å²) in [5, 5.41) is 3.58. The maximum absolute atomic E-state index is 6.30. The number of rotatable bonds is 2. The minimum absolute atomic E-state index is 0.173. The molecule has 3 atom stereocenters. The molecule has 1 aliphatic heterocycles. The minimum Gasteiger partial charge on any atom is -0.367 e. The lowest BCUT2D eigenvalue weighted by Crippen LogP contribution is -2.47. The second-order valence-electron chi connectivity index (χ2n) is 6.55. The van der Waals surface area contributed by atoms with Crippen LogP contribution in [-0.4, -0.2) is 18.7 Å². The van der Waals surface area contributed by atoms with Gasteiger partial charge in [-0.2, -0.15) is 0 Å². The van der Waals surface area contributed by atoms with Gasteiger partial charge in [0.15, 0.2) is 0 Å². The Labute approximate surface area is 111 Å². The molecule has 0 amide bonds. The third-order valence-corrected chi connectivity index (χ3v) is 3.43. The van der Waals surface area contributed by atoms with E-state index in [0.717, 1.165) is 13.0 Å². The van der Waals surface area contributed by atoms with Crippen molar-refractivity contribution >= 4 is 0 Å². The van der Waals surface area contributed by atoms with Crippen LogP contribution < -0.4 is 5.32 Å². The van der Waals surface area contributed by atoms with E-state index in [1.54, 1.807) is 0 Å². The summed E-state index contributed by atoms with van der Waals surface area (Å²) in [5.74, 6) is 0. The fraction of sp³-hybridized carbons (Fsp3) is 0.625. The number of benzene rings is 1. The van der Waals surface area contributed by atoms with Gasteiger partial charge in [-0.05, 0) is 24.3 Å². The van der Waals surface area contributed by atoms with Gasteiger partial charge in [-0.1, -0.05) is 51.1 Å². The lowest BCUT2D eigenvalue weighted by Gasteiger charge is -2.38. The van der Waals surface area contributed by atoms with Crippen LogP contribution in [0.5, 0.6) is 0 Å². The molecule has 1 fully saturated rings. The van der Waals surface area contributed by atoms with Crippen LogP contribution in [0.1, 0.15) is 45.8 Å². The zero-order valence-electron chi connectivity index (χ0n) is 11.9. The van der Waals surface area contributed by atoms with E-state index in [4.69, 9.17) is 4.74 Å². The van der Waals surface area contributed by atoms with E-state index < -0.39 is 0 Å². The highest BCUT2D eigenvalue weighted by Gasteiger charge is 2.31. The van der Waals surface area contributed by atoms with Crippen molar-refractivity contribution in [1.29, 1.82) is 0 Å². The molecule has 3 unspecified atom stereocenters. The van der Waals surface area contributed by atoms with Crippen LogP contribution in [0.3, 0.4) is 0 Å². The van der Waals surface area contributed by atoms with Crippen molar-refractivity contribution in [3.8, 4) is 0 Å². The minimum atomic E-state index is 0.173. The van der Waals surface area contributed by atoms with E-state index in [9.17, 15) is 0 Å². The number of ether oxygens (including phenoxy) is 1. The molecular weight excluding hydrogens is 222 g/mol. The SMILES string of the molecule is CC1NCC(CC(C)(C)C)OC1c1ccccc1. The smallest absolute Gasteiger partial charge is 0.0979 e. The number of nitrogens with one attached hydrogen (secondary N) is 1. The third-order valence-electron chi connectivity index (χ3n) is 3.43. The second-order valence-corrected chi connectivity index (χ2v) is 6.55. The Kier molecular flexibility index (Phi) is 4.08. The van der Waals surface area contributed by atoms with Gasteiger partial charge in [0.25, 0.3) is 0 Å². The van der Waals surface area contributed by atoms with Crippen LogP contribution in [0.15, 0.2) is 30.3 Å². The molecular formula is C16H25NO. The van der Waals surface area contributed by atoms with Crippen LogP contribution in [0, 0.1) is 5.41 Å². The van der Waals surface area contributed by atoms with E-state index in [1.807, 2.05) is 0 Å². The van der Waals surface area contributed by atoms with Crippen molar-refractivity contribution in [3.05, 3.63) is 35.9 Å². The highest BCUT2D eigenvalue weighted by Crippen LogP contribution is 2.31. The van der Waals surface area contributed by atoms with E-state index in [-0.39, 0.29) is 6.10 Å². The van der Waals surface area contributed by atoms with Gasteiger partial charge in [-0.25, -0.2) is 0 Å². The molecule has 1 aliphatic rings. The fourth-order valence-corrected chi connectivity index (χ4v) is 2.61. The molecule has 18 heavy (non-hydrogen) atoms. The average molecular weight is 247 g/mol. The molecule has 2 rings (SSSR count). The predicted octanol–water partition coefficient (Wildman–Crippen LogP) is 3.54. The van der Waals surface area contributed by atoms with Crippen molar-refractivity contribution in [1.82, 2.24) is 5.32 Å². The first-order chi connectivity index (χ1) is 8.46. The summed E-state index contributed by atoms with van der Waals surface area (Å²) in [5.41, 5.74) is 1.59. The molecule has 2 nitrogen and oxygen atoms in total. The first kappa shape index (κ1) is 13.6. The molecule has 0 radical (unpaired) electrons. The summed E-state index contributed by atoms with van der Waals surface area (Å²) in [4.78, 5) is 0. The Bertz CT molecular complexity index is 368. The number of morpholine rings is 1. The van der Waals surface area contributed by atoms with Gasteiger partial charge >= 0.3 is 0 Å². The summed E-state index contributed by atoms with van der Waals surface area (Å²) in [6.07, 6.45) is 1.58. The molecule has 1 aromatic rings. The fourth-order valence-electron chi connectivity index (χ4n) is 2.61. The topological polar surface area (TPSA) is 21.3 Å². The van der Waals surface area contributed by atoms with Crippen molar-refractivity contribution in [2.24, 2.45) is 5.41 Å². The molecule has 0 spiro atoms. The highest BCUT2D eigenvalue weighted by atomic mass is 16.5. The van der Waals surface area contributed by atoms with Gasteiger partial charge in [0.1, 0.15) is 0 Å². The zero-order valence-corrected chi connectivity index (χ0v) is 11.9. The summed E-state index contributed by atoms with van der Waals surface area (Å²) >= 11 is 0. The van der Waals surface area contributed by atoms with E-state index >= 15 is 0 Å². The van der Waals surface area contributed by atoms with Gasteiger partial charge in [0, 0.05) is 12.6 Å². The quantitative estimate of drug-likeness (QED) is 0.863. The monoisotopic (exact) mass is 247 g/mol. The highest BCUT2D eigenvalue weighted by molar-refractivity contribution is 5.19. The third kappa shape index (κ3) is 3.56. The summed E-state index contributed by atoms with van der Waals surface area (Å²) in [7, 11) is 0. The molecule has 0 aliphatic carbocycles. The van der Waals surface area contributed by atoms with Gasteiger partial charge in [-0.3, -0.25) is 0 Å². The lowest BCUT2D eigenvalue weighted by molar-refractivity contribution is -0.0755. The molecule has 0 saturated carbocycles. The summed E-state index contributed by atoms with van der Waals surface area (Å²) in [6, 6.07) is 10.9. The maximum atomic E-state index is 6.30. The predicted molar refractivity (Wildman–Crippen MR) is 75.6 cm³/mol. The number of hydrogen-bond donors (Lipinski definition) is 1. The van der Waals surface area contributed by atoms with Gasteiger partial charge < -0.3 is 10.1 Å². The Morgan fingerprint density at radius 1 is 1.22 bits per heavy atom. The van der Waals surface area contributed by atoms with Crippen molar-refractivity contribution in [3.63, 3.8) is 0 Å². The normalized spacial score (nSPS) is 29.2. The molecule has 0 bridgehead atoms. The molecule has 1 aromatic carbocycles. The Morgan fingerprint density at radius 2 is 1.89 bits per heavy atom. The van der Waals surface area contributed by atoms with E-state index in [0.29, 0.717) is 17.6 Å². The first-order valence-electron chi connectivity index (χ1n) is 6.89. The van der Waals surface area contributed by atoms with Gasteiger partial charge in [-0.15, -0.1) is 0 Å². The zero-order chi connectivity index (χ0) is 13.2. The van der Waals surface area contributed by atoms with Crippen LogP contribution in [0.25, 0.3) is 0 Å². The molecule has 1 heterocycles. The number of hydrogen-bond acceptors (Lipinski definition) is 2. The van der Waals surface area contributed by atoms with Crippen molar-refractivity contribution in [2.75, 3.05) is 6.54 Å². The van der Waals surface area contributed by atoms with Gasteiger partial charge in [0.05, 0.1) is 12.2 Å². The summed E-state index contributed by atoms with van der Waals surface area (Å²) < 4.78 is 6.30. The lowest BCUT2D eigenvalue weighted by atomic mass is 9.88. The van der Waals surface area contributed by atoms with E-state index in [2.05, 4.69) is 63.3 Å². The Balaban J connectivity index is 2.06. The average Bonchev–Trinajstić information content (AvgIpc) is 2.31. The Hall–Kier alpha value is -0.860. The Morgan fingerprint density at radius 3 is 2.50 bits per heavy atom. The van der Waals surface area contributed by atoms with Crippen LogP contribution >= 0.6 is 0 Å². The molecule has 1 saturated heterocycles. The van der Waals surface area contributed by atoms with Crippen molar-refractivity contribution in [2.45, 2.75) is 52.4 Å². The maximum Gasteiger partial charge on any atom is 0.0979 e. The van der Waals surface area contributed by atoms with Crippen molar-refractivity contribution < 1.29 is 4.74 Å². The van der Waals surface area contributed by atoms with Gasteiger partial charge in [0.2, 0.25) is 0 Å². The second kappa shape index (κ2) is 5.41.